The van der Waals surface area contributed by atoms with E-state index in [2.05, 4.69) is 5.32 Å². The van der Waals surface area contributed by atoms with E-state index in [0.29, 0.717) is 0 Å². The number of hydrogen-bond acceptors (Lipinski definition) is 7. The van der Waals surface area contributed by atoms with Crippen molar-refractivity contribution >= 4 is 29.2 Å². The molecule has 0 unspecified atom stereocenters. The first-order valence-electron chi connectivity index (χ1n) is 9.51. The predicted molar refractivity (Wildman–Crippen MR) is 114 cm³/mol. The number of carbonyl (C=O) groups excluding carboxylic acids is 2. The standard InChI is InChI=1S/C21H23ClN2O7/c1-4-5-13(2)23-20(25)12-30-21(26)14-6-8-18(19(10-14)29-3)31-17-9-7-15(22)11-16(17)24(27)28/h6-11,13H,4-5,12H2,1-3H3,(H,23,25)/t13-/m1/s1. The molecule has 0 saturated heterocycles. The molecule has 1 amide bonds. The molecule has 31 heavy (non-hydrogen) atoms. The summed E-state index contributed by atoms with van der Waals surface area (Å²) < 4.78 is 15.9. The zero-order valence-electron chi connectivity index (χ0n) is 17.3. The number of benzene rings is 2. The number of nitro groups is 1. The van der Waals surface area contributed by atoms with Gasteiger partial charge in [0.05, 0.1) is 17.6 Å². The summed E-state index contributed by atoms with van der Waals surface area (Å²) in [5.41, 5.74) is -0.189. The van der Waals surface area contributed by atoms with Crippen molar-refractivity contribution in [3.05, 3.63) is 57.1 Å². The molecule has 0 fully saturated rings. The van der Waals surface area contributed by atoms with E-state index in [1.807, 2.05) is 13.8 Å². The summed E-state index contributed by atoms with van der Waals surface area (Å²) in [5.74, 6) is -0.854. The van der Waals surface area contributed by atoms with Crippen molar-refractivity contribution < 1.29 is 28.7 Å². The van der Waals surface area contributed by atoms with Gasteiger partial charge in [-0.1, -0.05) is 24.9 Å². The lowest BCUT2D eigenvalue weighted by atomic mass is 10.2. The van der Waals surface area contributed by atoms with Crippen LogP contribution in [0.1, 0.15) is 37.0 Å². The van der Waals surface area contributed by atoms with Crippen LogP contribution in [0.25, 0.3) is 0 Å². The average molecular weight is 451 g/mol. The highest BCUT2D eigenvalue weighted by Gasteiger charge is 2.20. The van der Waals surface area contributed by atoms with Crippen molar-refractivity contribution in [2.24, 2.45) is 0 Å². The van der Waals surface area contributed by atoms with Gasteiger partial charge in [0.2, 0.25) is 5.75 Å². The third kappa shape index (κ3) is 6.85. The van der Waals surface area contributed by atoms with Gasteiger partial charge >= 0.3 is 11.7 Å². The van der Waals surface area contributed by atoms with E-state index < -0.39 is 23.4 Å². The number of methoxy groups -OCH3 is 1. The predicted octanol–water partition coefficient (Wildman–Crippen LogP) is 4.51. The fraction of sp³-hybridized carbons (Fsp3) is 0.333. The molecule has 2 aromatic rings. The van der Waals surface area contributed by atoms with Crippen LogP contribution >= 0.6 is 11.6 Å². The Labute approximate surface area is 184 Å². The van der Waals surface area contributed by atoms with Crippen LogP contribution in [0.2, 0.25) is 5.02 Å². The van der Waals surface area contributed by atoms with Gasteiger partial charge in [0.15, 0.2) is 18.1 Å². The number of esters is 1. The zero-order chi connectivity index (χ0) is 23.0. The van der Waals surface area contributed by atoms with Crippen molar-refractivity contribution in [2.75, 3.05) is 13.7 Å². The average Bonchev–Trinajstić information content (AvgIpc) is 2.73. The highest BCUT2D eigenvalue weighted by Crippen LogP contribution is 2.37. The van der Waals surface area contributed by atoms with E-state index in [1.54, 1.807) is 0 Å². The quantitative estimate of drug-likeness (QED) is 0.321. The first-order chi connectivity index (χ1) is 14.7. The second kappa shape index (κ2) is 11.2. The molecular weight excluding hydrogens is 428 g/mol. The number of nitrogens with zero attached hydrogens (tertiary/aromatic N) is 1. The Morgan fingerprint density at radius 2 is 1.87 bits per heavy atom. The fourth-order valence-corrected chi connectivity index (χ4v) is 2.92. The van der Waals surface area contributed by atoms with E-state index in [1.165, 1.54) is 43.5 Å². The number of hydrogen-bond donors (Lipinski definition) is 1. The number of ether oxygens (including phenoxy) is 3. The molecule has 1 atom stereocenters. The molecule has 9 nitrogen and oxygen atoms in total. The van der Waals surface area contributed by atoms with Crippen LogP contribution in [0, 0.1) is 10.1 Å². The van der Waals surface area contributed by atoms with E-state index >= 15 is 0 Å². The molecule has 0 aliphatic rings. The monoisotopic (exact) mass is 450 g/mol. The molecule has 0 bridgehead atoms. The first kappa shape index (κ1) is 23.9. The Hall–Kier alpha value is -3.33. The molecule has 2 rings (SSSR count). The second-order valence-corrected chi connectivity index (χ2v) is 7.11. The Bertz CT molecular complexity index is 965. The first-order valence-corrected chi connectivity index (χ1v) is 9.89. The van der Waals surface area contributed by atoms with E-state index in [4.69, 9.17) is 25.8 Å². The normalized spacial score (nSPS) is 11.4. The number of nitrogens with one attached hydrogen (secondary N) is 1. The minimum atomic E-state index is -0.722. The van der Waals surface area contributed by atoms with Gasteiger partial charge in [-0.25, -0.2) is 4.79 Å². The summed E-state index contributed by atoms with van der Waals surface area (Å²) in [5, 5.41) is 14.2. The van der Waals surface area contributed by atoms with Crippen molar-refractivity contribution in [2.45, 2.75) is 32.7 Å². The summed E-state index contributed by atoms with van der Waals surface area (Å²) in [7, 11) is 1.36. The highest BCUT2D eigenvalue weighted by molar-refractivity contribution is 6.30. The van der Waals surface area contributed by atoms with Gasteiger partial charge in [-0.05, 0) is 43.7 Å². The SMILES string of the molecule is CCC[C@@H](C)NC(=O)COC(=O)c1ccc(Oc2ccc(Cl)cc2[N+](=O)[O-])c(OC)c1. The molecule has 0 aliphatic carbocycles. The lowest BCUT2D eigenvalue weighted by molar-refractivity contribution is -0.385. The molecule has 1 N–H and O–H groups in total. The number of carbonyl (C=O) groups is 2. The van der Waals surface area contributed by atoms with E-state index in [0.717, 1.165) is 12.8 Å². The minimum Gasteiger partial charge on any atom is -0.493 e. The largest absolute Gasteiger partial charge is 0.493 e. The molecule has 0 radical (unpaired) electrons. The lowest BCUT2D eigenvalue weighted by Gasteiger charge is -2.13. The Morgan fingerprint density at radius 1 is 1.16 bits per heavy atom. The van der Waals surface area contributed by atoms with Crippen molar-refractivity contribution in [3.63, 3.8) is 0 Å². The van der Waals surface area contributed by atoms with Crippen LogP contribution in [0.15, 0.2) is 36.4 Å². The molecule has 0 aromatic heterocycles. The summed E-state index contributed by atoms with van der Waals surface area (Å²) in [6.45, 7) is 3.47. The van der Waals surface area contributed by atoms with Gasteiger partial charge in [0, 0.05) is 17.1 Å². The number of nitro benzene ring substituents is 1. The second-order valence-electron chi connectivity index (χ2n) is 6.67. The molecule has 166 valence electrons. The van der Waals surface area contributed by atoms with Gasteiger partial charge in [0.1, 0.15) is 0 Å². The minimum absolute atomic E-state index is 0.00958. The lowest BCUT2D eigenvalue weighted by Crippen LogP contribution is -2.35. The topological polar surface area (TPSA) is 117 Å². The van der Waals surface area contributed by atoms with Crippen LogP contribution < -0.4 is 14.8 Å². The van der Waals surface area contributed by atoms with Crippen LogP contribution in [-0.4, -0.2) is 36.6 Å². The molecular formula is C21H23ClN2O7. The Kier molecular flexibility index (Phi) is 8.63. The molecule has 0 heterocycles. The number of amides is 1. The molecule has 2 aromatic carbocycles. The highest BCUT2D eigenvalue weighted by atomic mass is 35.5. The number of halogens is 1. The molecule has 0 aliphatic heterocycles. The Morgan fingerprint density at radius 3 is 2.52 bits per heavy atom. The van der Waals surface area contributed by atoms with Crippen LogP contribution in [-0.2, 0) is 9.53 Å². The molecule has 10 heteroatoms. The van der Waals surface area contributed by atoms with Gasteiger partial charge < -0.3 is 19.5 Å². The van der Waals surface area contributed by atoms with Crippen molar-refractivity contribution in [1.29, 1.82) is 0 Å². The van der Waals surface area contributed by atoms with Crippen LogP contribution in [0.3, 0.4) is 0 Å². The van der Waals surface area contributed by atoms with Crippen LogP contribution in [0.5, 0.6) is 17.2 Å². The van der Waals surface area contributed by atoms with E-state index in [-0.39, 0.29) is 39.6 Å². The third-order valence-corrected chi connectivity index (χ3v) is 4.44. The fourth-order valence-electron chi connectivity index (χ4n) is 2.75. The summed E-state index contributed by atoms with van der Waals surface area (Å²) in [6, 6.07) is 8.15. The summed E-state index contributed by atoms with van der Waals surface area (Å²) in [6.07, 6.45) is 1.75. The zero-order valence-corrected chi connectivity index (χ0v) is 18.1. The summed E-state index contributed by atoms with van der Waals surface area (Å²) >= 11 is 5.81. The van der Waals surface area contributed by atoms with Gasteiger partial charge in [0.25, 0.3) is 5.91 Å². The maximum absolute atomic E-state index is 12.3. The molecule has 0 saturated carbocycles. The number of rotatable bonds is 10. The van der Waals surface area contributed by atoms with E-state index in [9.17, 15) is 19.7 Å². The maximum atomic E-state index is 12.3. The Balaban J connectivity index is 2.10. The third-order valence-electron chi connectivity index (χ3n) is 4.20. The molecule has 0 spiro atoms. The van der Waals surface area contributed by atoms with Gasteiger partial charge in [-0.2, -0.15) is 0 Å². The van der Waals surface area contributed by atoms with Crippen molar-refractivity contribution in [3.8, 4) is 17.2 Å². The van der Waals surface area contributed by atoms with Crippen molar-refractivity contribution in [1.82, 2.24) is 5.32 Å². The van der Waals surface area contributed by atoms with Gasteiger partial charge in [-0.15, -0.1) is 0 Å². The smallest absolute Gasteiger partial charge is 0.338 e. The maximum Gasteiger partial charge on any atom is 0.338 e. The van der Waals surface area contributed by atoms with Gasteiger partial charge in [-0.3, -0.25) is 14.9 Å². The van der Waals surface area contributed by atoms with Crippen LogP contribution in [0.4, 0.5) is 5.69 Å². The summed E-state index contributed by atoms with van der Waals surface area (Å²) in [4.78, 5) is 34.7.